The van der Waals surface area contributed by atoms with E-state index in [1.807, 2.05) is 6.07 Å². The van der Waals surface area contributed by atoms with E-state index in [0.717, 1.165) is 0 Å². The van der Waals surface area contributed by atoms with Crippen molar-refractivity contribution in [2.45, 2.75) is 13.0 Å². The van der Waals surface area contributed by atoms with Crippen molar-refractivity contribution in [3.05, 3.63) is 88.6 Å². The van der Waals surface area contributed by atoms with Crippen LogP contribution in [0.2, 0.25) is 0 Å². The van der Waals surface area contributed by atoms with Crippen LogP contribution in [0.1, 0.15) is 24.4 Å². The lowest BCUT2D eigenvalue weighted by Gasteiger charge is -2.21. The van der Waals surface area contributed by atoms with E-state index in [9.17, 15) is 14.4 Å². The number of anilines is 2. The highest BCUT2D eigenvalue weighted by Crippen LogP contribution is 2.28. The van der Waals surface area contributed by atoms with Crippen LogP contribution in [0.15, 0.2) is 65.8 Å². The van der Waals surface area contributed by atoms with Crippen LogP contribution in [-0.2, 0) is 0 Å². The molecule has 0 unspecified atom stereocenters. The number of rotatable bonds is 6. The number of hydrogen-bond acceptors (Lipinski definition) is 10. The van der Waals surface area contributed by atoms with Gasteiger partial charge in [0.15, 0.2) is 0 Å². The summed E-state index contributed by atoms with van der Waals surface area (Å²) >= 11 is 0. The van der Waals surface area contributed by atoms with E-state index in [2.05, 4.69) is 25.3 Å². The van der Waals surface area contributed by atoms with E-state index in [0.29, 0.717) is 22.0 Å². The van der Waals surface area contributed by atoms with Crippen molar-refractivity contribution < 1.29 is 9.13 Å². The van der Waals surface area contributed by atoms with E-state index in [-0.39, 0.29) is 34.9 Å². The molecule has 0 amide bonds. The normalized spacial score (nSPS) is 11.6. The fourth-order valence-electron chi connectivity index (χ4n) is 4.06. The minimum absolute atomic E-state index is 0.0287. The molecule has 0 radical (unpaired) electrons. The topological polar surface area (TPSA) is 158 Å². The summed E-state index contributed by atoms with van der Waals surface area (Å²) in [5.41, 5.74) is 7.26. The van der Waals surface area contributed by atoms with Crippen LogP contribution in [0, 0.1) is 17.1 Å². The molecule has 0 spiro atoms. The van der Waals surface area contributed by atoms with Gasteiger partial charge >= 0.3 is 6.01 Å². The number of aromatic nitrogens is 6. The van der Waals surface area contributed by atoms with Gasteiger partial charge in [0.1, 0.15) is 29.1 Å². The van der Waals surface area contributed by atoms with Gasteiger partial charge in [0.25, 0.3) is 5.56 Å². The first-order valence-corrected chi connectivity index (χ1v) is 11.4. The Morgan fingerprint density at radius 2 is 1.87 bits per heavy atom. The summed E-state index contributed by atoms with van der Waals surface area (Å²) in [6, 6.07) is 12.4. The predicted molar refractivity (Wildman–Crippen MR) is 138 cm³/mol. The Labute approximate surface area is 215 Å². The molecule has 188 valence electrons. The molecule has 1 atom stereocenters. The molecule has 12 heteroatoms. The van der Waals surface area contributed by atoms with E-state index >= 15 is 0 Å². The van der Waals surface area contributed by atoms with Gasteiger partial charge in [0, 0.05) is 18.0 Å². The largest absolute Gasteiger partial charge is 0.467 e. The zero-order valence-corrected chi connectivity index (χ0v) is 20.3. The Bertz CT molecular complexity index is 1760. The van der Waals surface area contributed by atoms with Crippen LogP contribution < -0.4 is 21.3 Å². The van der Waals surface area contributed by atoms with Crippen molar-refractivity contribution in [3.8, 4) is 28.9 Å². The van der Waals surface area contributed by atoms with Crippen LogP contribution in [0.3, 0.4) is 0 Å². The summed E-state index contributed by atoms with van der Waals surface area (Å²) in [4.78, 5) is 35.2. The second-order valence-corrected chi connectivity index (χ2v) is 8.22. The first kappa shape index (κ1) is 24.3. The molecule has 0 fully saturated rings. The van der Waals surface area contributed by atoms with E-state index < -0.39 is 17.4 Å². The number of nitrogens with zero attached hydrogens (tertiary/aromatic N) is 7. The minimum Gasteiger partial charge on any atom is -0.467 e. The highest BCUT2D eigenvalue weighted by atomic mass is 19.1. The van der Waals surface area contributed by atoms with Crippen molar-refractivity contribution in [3.63, 3.8) is 0 Å². The summed E-state index contributed by atoms with van der Waals surface area (Å²) in [5.74, 6) is -0.110. The highest BCUT2D eigenvalue weighted by Gasteiger charge is 2.22. The number of nitrogen functional groups attached to an aromatic ring is 1. The number of halogens is 1. The second-order valence-electron chi connectivity index (χ2n) is 8.22. The van der Waals surface area contributed by atoms with Gasteiger partial charge in [-0.25, -0.2) is 24.3 Å². The minimum atomic E-state index is -0.662. The molecule has 11 nitrogen and oxygen atoms in total. The monoisotopic (exact) mass is 509 g/mol. The van der Waals surface area contributed by atoms with Gasteiger partial charge in [-0.3, -0.25) is 9.36 Å². The molecule has 2 aromatic carbocycles. The molecule has 3 N–H and O–H groups in total. The number of hydrogen-bond donors (Lipinski definition) is 2. The average Bonchev–Trinajstić information content (AvgIpc) is 2.92. The average molecular weight is 510 g/mol. The van der Waals surface area contributed by atoms with Crippen LogP contribution in [0.4, 0.5) is 16.2 Å². The maximum atomic E-state index is 14.3. The van der Waals surface area contributed by atoms with E-state index in [1.165, 1.54) is 36.1 Å². The molecule has 0 aliphatic carbocycles. The molecule has 0 bridgehead atoms. The smallest absolute Gasteiger partial charge is 0.316 e. The van der Waals surface area contributed by atoms with Gasteiger partial charge < -0.3 is 15.8 Å². The number of methoxy groups -OCH3 is 1. The number of nitrogens with two attached hydrogens (primary N) is 1. The van der Waals surface area contributed by atoms with E-state index in [4.69, 9.17) is 15.5 Å². The van der Waals surface area contributed by atoms with Crippen molar-refractivity contribution in [2.75, 3.05) is 18.2 Å². The van der Waals surface area contributed by atoms with Gasteiger partial charge in [-0.05, 0) is 36.8 Å². The molecular weight excluding hydrogens is 489 g/mol. The summed E-state index contributed by atoms with van der Waals surface area (Å²) < 4.78 is 20.7. The number of nitriles is 1. The molecule has 3 aromatic heterocycles. The van der Waals surface area contributed by atoms with Crippen LogP contribution in [0.5, 0.6) is 6.01 Å². The predicted octanol–water partition coefficient (Wildman–Crippen LogP) is 3.41. The zero-order valence-electron chi connectivity index (χ0n) is 20.3. The summed E-state index contributed by atoms with van der Waals surface area (Å²) in [6.07, 6.45) is 4.40. The maximum absolute atomic E-state index is 14.3. The SMILES string of the molecule is COc1ncc(-c2cccc3nc([C@H](C)Nc4nc(N)ncc4C#N)n(-c4cccc(F)c4)c(=O)c23)cn1. The van der Waals surface area contributed by atoms with Crippen molar-refractivity contribution in [1.82, 2.24) is 29.5 Å². The Morgan fingerprint density at radius 1 is 1.11 bits per heavy atom. The lowest BCUT2D eigenvalue weighted by atomic mass is 10.0. The first-order valence-electron chi connectivity index (χ1n) is 11.4. The van der Waals surface area contributed by atoms with Crippen LogP contribution in [-0.4, -0.2) is 36.6 Å². The number of ether oxygens (including phenoxy) is 1. The Balaban J connectivity index is 1.75. The van der Waals surface area contributed by atoms with Crippen molar-refractivity contribution in [2.24, 2.45) is 0 Å². The molecule has 38 heavy (non-hydrogen) atoms. The van der Waals surface area contributed by atoms with E-state index in [1.54, 1.807) is 43.6 Å². The van der Waals surface area contributed by atoms with Crippen molar-refractivity contribution >= 4 is 22.7 Å². The zero-order chi connectivity index (χ0) is 26.8. The molecule has 0 saturated heterocycles. The van der Waals surface area contributed by atoms with Gasteiger partial charge in [-0.15, -0.1) is 0 Å². The van der Waals surface area contributed by atoms with Gasteiger partial charge in [-0.2, -0.15) is 10.2 Å². The highest BCUT2D eigenvalue weighted by molar-refractivity contribution is 5.94. The third-order valence-corrected chi connectivity index (χ3v) is 5.78. The summed E-state index contributed by atoms with van der Waals surface area (Å²) in [5, 5.41) is 12.9. The molecule has 0 aliphatic rings. The number of benzene rings is 2. The fraction of sp³-hybridized carbons (Fsp3) is 0.115. The lowest BCUT2D eigenvalue weighted by Crippen LogP contribution is -2.28. The van der Waals surface area contributed by atoms with Crippen LogP contribution >= 0.6 is 0 Å². The summed E-state index contributed by atoms with van der Waals surface area (Å²) in [7, 11) is 1.46. The quantitative estimate of drug-likeness (QED) is 0.347. The Kier molecular flexibility index (Phi) is 6.32. The molecule has 3 heterocycles. The standard InChI is InChI=1S/C26H20FN9O2/c1-14(33-22-15(10-28)11-30-25(29)35-22)23-34-20-8-4-7-19(16-12-31-26(38-2)32-13-16)21(20)24(37)36(23)18-6-3-5-17(27)9-18/h3-9,11-14H,1-2H3,(H3,29,30,33,35)/t14-/m0/s1. The van der Waals surface area contributed by atoms with Gasteiger partial charge in [0.05, 0.1) is 35.9 Å². The number of fused-ring (bicyclic) bond motifs is 1. The maximum Gasteiger partial charge on any atom is 0.316 e. The molecular formula is C26H20FN9O2. The van der Waals surface area contributed by atoms with Gasteiger partial charge in [0.2, 0.25) is 5.95 Å². The first-order chi connectivity index (χ1) is 18.4. The summed E-state index contributed by atoms with van der Waals surface area (Å²) in [6.45, 7) is 1.74. The molecule has 0 saturated carbocycles. The third-order valence-electron chi connectivity index (χ3n) is 5.78. The fourth-order valence-corrected chi connectivity index (χ4v) is 4.06. The van der Waals surface area contributed by atoms with Crippen LogP contribution in [0.25, 0.3) is 27.7 Å². The van der Waals surface area contributed by atoms with Gasteiger partial charge in [-0.1, -0.05) is 18.2 Å². The number of nitrogens with one attached hydrogen (secondary N) is 1. The second kappa shape index (κ2) is 9.90. The molecule has 5 aromatic rings. The van der Waals surface area contributed by atoms with Crippen molar-refractivity contribution in [1.29, 1.82) is 5.26 Å². The third kappa shape index (κ3) is 4.44. The Morgan fingerprint density at radius 3 is 2.58 bits per heavy atom. The molecule has 5 rings (SSSR count). The lowest BCUT2D eigenvalue weighted by molar-refractivity contribution is 0.380. The molecule has 0 aliphatic heterocycles. The Hall–Kier alpha value is -5.44.